The summed E-state index contributed by atoms with van der Waals surface area (Å²) in [5.74, 6) is 0.427. The van der Waals surface area contributed by atoms with Crippen LogP contribution in [0.5, 0.6) is 5.75 Å². The largest absolute Gasteiger partial charge is 0.490 e. The molecule has 0 aliphatic heterocycles. The third-order valence-electron chi connectivity index (χ3n) is 3.35. The van der Waals surface area contributed by atoms with E-state index in [-0.39, 0.29) is 12.3 Å². The van der Waals surface area contributed by atoms with Crippen molar-refractivity contribution in [2.75, 3.05) is 6.50 Å². The normalized spacial score (nSPS) is 16.3. The number of benzene rings is 2. The van der Waals surface area contributed by atoms with Crippen LogP contribution in [-0.2, 0) is 11.2 Å². The van der Waals surface area contributed by atoms with E-state index >= 15 is 0 Å². The van der Waals surface area contributed by atoms with E-state index in [2.05, 4.69) is 21.2 Å². The Bertz CT molecular complexity index is 760. The predicted molar refractivity (Wildman–Crippen MR) is 87.7 cm³/mol. The molecule has 0 radical (unpaired) electrons. The van der Waals surface area contributed by atoms with Crippen molar-refractivity contribution in [2.45, 2.75) is 32.3 Å². The summed E-state index contributed by atoms with van der Waals surface area (Å²) in [5.41, 5.74) is 0.828. The second kappa shape index (κ2) is 6.06. The van der Waals surface area contributed by atoms with Crippen LogP contribution in [0.15, 0.2) is 34.8 Å². The molecule has 21 heavy (non-hydrogen) atoms. The second-order valence-corrected chi connectivity index (χ2v) is 6.22. The summed E-state index contributed by atoms with van der Waals surface area (Å²) < 4.78 is 22.7. The van der Waals surface area contributed by atoms with Gasteiger partial charge in [-0.25, -0.2) is 0 Å². The Labute approximate surface area is 135 Å². The molecule has 0 bridgehead atoms. The summed E-state index contributed by atoms with van der Waals surface area (Å²) in [6, 6.07) is 9.77. The molecule has 110 valence electrons. The molecule has 0 saturated heterocycles. The number of ether oxygens (including phenoxy) is 1. The third-order valence-corrected chi connectivity index (χ3v) is 3.80. The molecular formula is C17H18BrNO2. The fourth-order valence-corrected chi connectivity index (χ4v) is 2.76. The monoisotopic (exact) mass is 349 g/mol. The number of amides is 1. The number of hydrogen-bond acceptors (Lipinski definition) is 2. The van der Waals surface area contributed by atoms with Gasteiger partial charge in [-0.3, -0.25) is 4.79 Å². The zero-order valence-electron chi connectivity index (χ0n) is 13.8. The van der Waals surface area contributed by atoms with Crippen molar-refractivity contribution in [2.24, 2.45) is 0 Å². The van der Waals surface area contributed by atoms with Crippen LogP contribution in [0.4, 0.5) is 0 Å². The number of rotatable bonds is 5. The number of fused-ring (bicyclic) bond motifs is 1. The van der Waals surface area contributed by atoms with Gasteiger partial charge in [-0.05, 0) is 59.9 Å². The van der Waals surface area contributed by atoms with Crippen molar-refractivity contribution in [3.8, 4) is 5.75 Å². The number of halogens is 1. The highest BCUT2D eigenvalue weighted by atomic mass is 79.9. The molecule has 3 nitrogen and oxygen atoms in total. The highest BCUT2D eigenvalue weighted by molar-refractivity contribution is 9.10. The van der Waals surface area contributed by atoms with Gasteiger partial charge in [0.25, 0.3) is 0 Å². The second-order valence-electron chi connectivity index (χ2n) is 5.30. The first-order valence-electron chi connectivity index (χ1n) is 8.00. The Balaban J connectivity index is 1.97. The molecule has 0 unspecified atom stereocenters. The summed E-state index contributed by atoms with van der Waals surface area (Å²) in [7, 11) is 0. The van der Waals surface area contributed by atoms with Crippen LogP contribution >= 0.6 is 15.9 Å². The SMILES string of the molecule is [2H]C([2H])(Cc1cc(Br)cc2ccc(OC3CC3)cc12)NC(C)=O. The zero-order valence-corrected chi connectivity index (χ0v) is 13.4. The van der Waals surface area contributed by atoms with Gasteiger partial charge in [-0.2, -0.15) is 0 Å². The molecule has 1 amide bonds. The maximum atomic E-state index is 11.2. The molecule has 2 aromatic carbocycles. The maximum absolute atomic E-state index is 11.2. The van der Waals surface area contributed by atoms with Crippen molar-refractivity contribution < 1.29 is 12.3 Å². The minimum absolute atomic E-state index is 0.0927. The highest BCUT2D eigenvalue weighted by Gasteiger charge is 2.23. The van der Waals surface area contributed by atoms with E-state index in [1.54, 1.807) is 0 Å². The van der Waals surface area contributed by atoms with Crippen molar-refractivity contribution in [1.82, 2.24) is 5.32 Å². The summed E-state index contributed by atoms with van der Waals surface area (Å²) in [6.45, 7) is -0.481. The number of nitrogens with one attached hydrogen (secondary N) is 1. The lowest BCUT2D eigenvalue weighted by Gasteiger charge is -2.11. The van der Waals surface area contributed by atoms with Gasteiger partial charge < -0.3 is 10.1 Å². The van der Waals surface area contributed by atoms with E-state index in [9.17, 15) is 4.79 Å². The quantitative estimate of drug-likeness (QED) is 0.890. The van der Waals surface area contributed by atoms with Crippen LogP contribution in [0.3, 0.4) is 0 Å². The van der Waals surface area contributed by atoms with E-state index in [0.717, 1.165) is 39.4 Å². The number of carbonyl (C=O) groups is 1. The molecule has 3 rings (SSSR count). The zero-order chi connectivity index (χ0) is 16.6. The van der Waals surface area contributed by atoms with Gasteiger partial charge in [0.1, 0.15) is 5.75 Å². The van der Waals surface area contributed by atoms with E-state index in [1.807, 2.05) is 30.3 Å². The Morgan fingerprint density at radius 3 is 2.95 bits per heavy atom. The Kier molecular flexibility index (Phi) is 3.47. The Hall–Kier alpha value is -1.55. The number of carbonyl (C=O) groups excluding carboxylic acids is 1. The fourth-order valence-electron chi connectivity index (χ4n) is 2.24. The molecule has 0 atom stereocenters. The third kappa shape index (κ3) is 3.76. The molecule has 1 aliphatic rings. The van der Waals surface area contributed by atoms with Gasteiger partial charge in [0, 0.05) is 20.6 Å². The average molecular weight is 350 g/mol. The van der Waals surface area contributed by atoms with Crippen LogP contribution in [0.1, 0.15) is 28.1 Å². The van der Waals surface area contributed by atoms with Crippen molar-refractivity contribution in [3.63, 3.8) is 0 Å². The molecule has 2 aromatic rings. The molecule has 1 fully saturated rings. The smallest absolute Gasteiger partial charge is 0.216 e. The first-order valence-corrected chi connectivity index (χ1v) is 7.79. The molecular weight excluding hydrogens is 330 g/mol. The van der Waals surface area contributed by atoms with Gasteiger partial charge in [0.2, 0.25) is 5.91 Å². The lowest BCUT2D eigenvalue weighted by atomic mass is 10.0. The molecule has 0 heterocycles. The van der Waals surface area contributed by atoms with E-state index < -0.39 is 6.50 Å². The summed E-state index contributed by atoms with van der Waals surface area (Å²) in [6.07, 6.45) is 2.60. The highest BCUT2D eigenvalue weighted by Crippen LogP contribution is 2.31. The molecule has 1 aliphatic carbocycles. The minimum atomic E-state index is -1.80. The van der Waals surface area contributed by atoms with E-state index in [0.29, 0.717) is 6.10 Å². The van der Waals surface area contributed by atoms with Gasteiger partial charge >= 0.3 is 0 Å². The minimum Gasteiger partial charge on any atom is -0.490 e. The predicted octanol–water partition coefficient (Wildman–Crippen LogP) is 3.82. The van der Waals surface area contributed by atoms with Gasteiger partial charge in [0.15, 0.2) is 0 Å². The lowest BCUT2D eigenvalue weighted by molar-refractivity contribution is -0.118. The standard InChI is InChI=1S/C17H18BrNO2/c1-11(20)19-7-6-13-9-14(18)8-12-2-3-16(10-17(12)13)21-15-4-5-15/h2-3,8-10,15H,4-7H2,1H3,(H,19,20)/i7D2. The molecule has 1 N–H and O–H groups in total. The summed E-state index contributed by atoms with van der Waals surface area (Å²) >= 11 is 3.47. The van der Waals surface area contributed by atoms with E-state index in [1.165, 1.54) is 6.92 Å². The molecule has 1 saturated carbocycles. The maximum Gasteiger partial charge on any atom is 0.216 e. The first-order chi connectivity index (χ1) is 10.8. The molecule has 4 heteroatoms. The Morgan fingerprint density at radius 1 is 1.43 bits per heavy atom. The van der Waals surface area contributed by atoms with Crippen LogP contribution in [0, 0.1) is 0 Å². The van der Waals surface area contributed by atoms with Gasteiger partial charge in [-0.1, -0.05) is 22.0 Å². The van der Waals surface area contributed by atoms with E-state index in [4.69, 9.17) is 7.48 Å². The first kappa shape index (κ1) is 12.0. The summed E-state index contributed by atoms with van der Waals surface area (Å²) in [4.78, 5) is 11.2. The molecule has 0 aromatic heterocycles. The number of hydrogen-bond donors (Lipinski definition) is 1. The summed E-state index contributed by atoms with van der Waals surface area (Å²) in [5, 5.41) is 4.31. The molecule has 0 spiro atoms. The van der Waals surface area contributed by atoms with Crippen LogP contribution < -0.4 is 10.1 Å². The average Bonchev–Trinajstić information content (AvgIpc) is 3.21. The van der Waals surface area contributed by atoms with Crippen molar-refractivity contribution in [3.05, 3.63) is 40.4 Å². The van der Waals surface area contributed by atoms with Crippen molar-refractivity contribution >= 4 is 32.6 Å². The lowest BCUT2D eigenvalue weighted by Crippen LogP contribution is -2.22. The van der Waals surface area contributed by atoms with Crippen LogP contribution in [0.25, 0.3) is 10.8 Å². The van der Waals surface area contributed by atoms with Crippen molar-refractivity contribution in [1.29, 1.82) is 0 Å². The van der Waals surface area contributed by atoms with Gasteiger partial charge in [0.05, 0.1) is 6.10 Å². The van der Waals surface area contributed by atoms with Crippen LogP contribution in [-0.4, -0.2) is 18.5 Å². The van der Waals surface area contributed by atoms with Crippen LogP contribution in [0.2, 0.25) is 0 Å². The fraction of sp³-hybridized carbons (Fsp3) is 0.353. The Morgan fingerprint density at radius 2 is 2.24 bits per heavy atom. The van der Waals surface area contributed by atoms with Gasteiger partial charge in [-0.15, -0.1) is 0 Å². The topological polar surface area (TPSA) is 38.3 Å². The number of aryl methyl sites for hydroxylation is 1.